The normalized spacial score (nSPS) is 16.4. The van der Waals surface area contributed by atoms with Crippen LogP contribution < -0.4 is 0 Å². The van der Waals surface area contributed by atoms with Gasteiger partial charge < -0.3 is 9.32 Å². The summed E-state index contributed by atoms with van der Waals surface area (Å²) in [7, 11) is 0. The highest BCUT2D eigenvalue weighted by Crippen LogP contribution is 2.26. The van der Waals surface area contributed by atoms with Crippen molar-refractivity contribution in [2.24, 2.45) is 0 Å². The van der Waals surface area contributed by atoms with Gasteiger partial charge in [0, 0.05) is 12.6 Å². The van der Waals surface area contributed by atoms with Gasteiger partial charge in [-0.3, -0.25) is 4.79 Å². The van der Waals surface area contributed by atoms with Gasteiger partial charge in [0.25, 0.3) is 5.91 Å². The van der Waals surface area contributed by atoms with Crippen molar-refractivity contribution in [1.29, 1.82) is 0 Å². The molecule has 1 aromatic heterocycles. The van der Waals surface area contributed by atoms with E-state index in [1.807, 2.05) is 24.8 Å². The zero-order valence-electron chi connectivity index (χ0n) is 11.0. The Morgan fingerprint density at radius 2 is 2.06 bits per heavy atom. The molecule has 1 heterocycles. The molecule has 0 saturated heterocycles. The van der Waals surface area contributed by atoms with E-state index in [-0.39, 0.29) is 5.91 Å². The Kier molecular flexibility index (Phi) is 3.55. The van der Waals surface area contributed by atoms with Crippen LogP contribution in [0.5, 0.6) is 0 Å². The van der Waals surface area contributed by atoms with Gasteiger partial charge in [0.15, 0.2) is 0 Å². The maximum absolute atomic E-state index is 12.5. The molecule has 3 heteroatoms. The molecule has 0 spiro atoms. The van der Waals surface area contributed by atoms with E-state index in [2.05, 4.69) is 6.92 Å². The fraction of sp³-hybridized carbons (Fsp3) is 0.643. The Morgan fingerprint density at radius 1 is 1.41 bits per heavy atom. The minimum Gasteiger partial charge on any atom is -0.466 e. The van der Waals surface area contributed by atoms with Gasteiger partial charge in [0.05, 0.1) is 5.56 Å². The van der Waals surface area contributed by atoms with Crippen molar-refractivity contribution in [3.8, 4) is 0 Å². The Morgan fingerprint density at radius 3 is 2.53 bits per heavy atom. The lowest BCUT2D eigenvalue weighted by Gasteiger charge is -2.27. The first-order valence-electron chi connectivity index (χ1n) is 6.51. The van der Waals surface area contributed by atoms with E-state index in [0.29, 0.717) is 6.04 Å². The second-order valence-corrected chi connectivity index (χ2v) is 4.86. The standard InChI is InChI=1S/C14H21NO2/c1-4-15(12-7-5-6-8-12)14(16)13-9-10(2)17-11(13)3/h9,12H,4-8H2,1-3H3. The second-order valence-electron chi connectivity index (χ2n) is 4.86. The van der Waals surface area contributed by atoms with Crippen LogP contribution in [0.2, 0.25) is 0 Å². The number of nitrogens with zero attached hydrogens (tertiary/aromatic N) is 1. The Balaban J connectivity index is 2.19. The number of rotatable bonds is 3. The van der Waals surface area contributed by atoms with Crippen molar-refractivity contribution >= 4 is 5.91 Å². The van der Waals surface area contributed by atoms with Crippen LogP contribution in [0.1, 0.15) is 54.5 Å². The first kappa shape index (κ1) is 12.2. The van der Waals surface area contributed by atoms with E-state index in [4.69, 9.17) is 4.42 Å². The number of hydrogen-bond donors (Lipinski definition) is 0. The smallest absolute Gasteiger partial charge is 0.257 e. The van der Waals surface area contributed by atoms with E-state index in [1.54, 1.807) is 0 Å². The van der Waals surface area contributed by atoms with Gasteiger partial charge in [-0.1, -0.05) is 12.8 Å². The first-order valence-corrected chi connectivity index (χ1v) is 6.51. The van der Waals surface area contributed by atoms with Crippen LogP contribution in [0, 0.1) is 13.8 Å². The number of hydrogen-bond acceptors (Lipinski definition) is 2. The molecular formula is C14H21NO2. The van der Waals surface area contributed by atoms with Crippen LogP contribution in [0.4, 0.5) is 0 Å². The van der Waals surface area contributed by atoms with E-state index in [9.17, 15) is 4.79 Å². The van der Waals surface area contributed by atoms with Gasteiger partial charge in [-0.25, -0.2) is 0 Å². The summed E-state index contributed by atoms with van der Waals surface area (Å²) >= 11 is 0. The summed E-state index contributed by atoms with van der Waals surface area (Å²) < 4.78 is 5.45. The quantitative estimate of drug-likeness (QED) is 0.805. The predicted octanol–water partition coefficient (Wildman–Crippen LogP) is 3.30. The molecule has 17 heavy (non-hydrogen) atoms. The summed E-state index contributed by atoms with van der Waals surface area (Å²) in [4.78, 5) is 14.5. The SMILES string of the molecule is CCN(C(=O)c1cc(C)oc1C)C1CCCC1. The summed E-state index contributed by atoms with van der Waals surface area (Å²) in [5.41, 5.74) is 0.733. The summed E-state index contributed by atoms with van der Waals surface area (Å²) in [6.45, 7) is 6.59. The summed E-state index contributed by atoms with van der Waals surface area (Å²) in [5.74, 6) is 1.69. The first-order chi connectivity index (χ1) is 8.13. The molecule has 0 aliphatic heterocycles. The average molecular weight is 235 g/mol. The minimum absolute atomic E-state index is 0.133. The molecule has 1 amide bonds. The topological polar surface area (TPSA) is 33.5 Å². The number of amides is 1. The van der Waals surface area contributed by atoms with Crippen molar-refractivity contribution < 1.29 is 9.21 Å². The Hall–Kier alpha value is -1.25. The third-order valence-corrected chi connectivity index (χ3v) is 3.64. The minimum atomic E-state index is 0.133. The number of carbonyl (C=O) groups excluding carboxylic acids is 1. The predicted molar refractivity (Wildman–Crippen MR) is 67.1 cm³/mol. The zero-order chi connectivity index (χ0) is 12.4. The number of aryl methyl sites for hydroxylation is 2. The van der Waals surface area contributed by atoms with Crippen LogP contribution in [-0.2, 0) is 0 Å². The largest absolute Gasteiger partial charge is 0.466 e. The van der Waals surface area contributed by atoms with Crippen LogP contribution in [0.3, 0.4) is 0 Å². The highest BCUT2D eigenvalue weighted by atomic mass is 16.3. The molecular weight excluding hydrogens is 214 g/mol. The van der Waals surface area contributed by atoms with Crippen LogP contribution >= 0.6 is 0 Å². The summed E-state index contributed by atoms with van der Waals surface area (Å²) in [6.07, 6.45) is 4.79. The number of carbonyl (C=O) groups is 1. The Bertz CT molecular complexity index is 402. The lowest BCUT2D eigenvalue weighted by atomic mass is 10.1. The lowest BCUT2D eigenvalue weighted by molar-refractivity contribution is 0.0692. The molecule has 1 aliphatic carbocycles. The van der Waals surface area contributed by atoms with Crippen LogP contribution in [0.15, 0.2) is 10.5 Å². The molecule has 1 aliphatic rings. The van der Waals surface area contributed by atoms with Gasteiger partial charge in [0.1, 0.15) is 11.5 Å². The molecule has 0 N–H and O–H groups in total. The monoisotopic (exact) mass is 235 g/mol. The van der Waals surface area contributed by atoms with Gasteiger partial charge >= 0.3 is 0 Å². The van der Waals surface area contributed by atoms with Crippen molar-refractivity contribution in [1.82, 2.24) is 4.90 Å². The molecule has 1 fully saturated rings. The fourth-order valence-corrected chi connectivity index (χ4v) is 2.78. The molecule has 94 valence electrons. The van der Waals surface area contributed by atoms with Crippen LogP contribution in [0.25, 0.3) is 0 Å². The number of furan rings is 1. The van der Waals surface area contributed by atoms with Crippen LogP contribution in [-0.4, -0.2) is 23.4 Å². The van der Waals surface area contributed by atoms with E-state index in [1.165, 1.54) is 12.8 Å². The van der Waals surface area contributed by atoms with Crippen molar-refractivity contribution in [2.45, 2.75) is 52.5 Å². The Labute approximate surface area is 103 Å². The third kappa shape index (κ3) is 2.38. The highest BCUT2D eigenvalue weighted by Gasteiger charge is 2.27. The molecule has 0 aromatic carbocycles. The van der Waals surface area contributed by atoms with Crippen molar-refractivity contribution in [3.63, 3.8) is 0 Å². The maximum Gasteiger partial charge on any atom is 0.257 e. The summed E-state index contributed by atoms with van der Waals surface area (Å²) in [5, 5.41) is 0. The second kappa shape index (κ2) is 4.94. The van der Waals surface area contributed by atoms with Gasteiger partial charge in [-0.05, 0) is 39.7 Å². The van der Waals surface area contributed by atoms with Gasteiger partial charge in [0.2, 0.25) is 0 Å². The molecule has 0 unspecified atom stereocenters. The highest BCUT2D eigenvalue weighted by molar-refractivity contribution is 5.95. The zero-order valence-corrected chi connectivity index (χ0v) is 11.0. The van der Waals surface area contributed by atoms with E-state index < -0.39 is 0 Å². The van der Waals surface area contributed by atoms with E-state index >= 15 is 0 Å². The molecule has 1 saturated carbocycles. The third-order valence-electron chi connectivity index (χ3n) is 3.64. The molecule has 0 atom stereocenters. The fourth-order valence-electron chi connectivity index (χ4n) is 2.78. The molecule has 2 rings (SSSR count). The molecule has 0 bridgehead atoms. The molecule has 3 nitrogen and oxygen atoms in total. The van der Waals surface area contributed by atoms with E-state index in [0.717, 1.165) is 36.5 Å². The van der Waals surface area contributed by atoms with Crippen molar-refractivity contribution in [3.05, 3.63) is 23.2 Å². The molecule has 0 radical (unpaired) electrons. The lowest BCUT2D eigenvalue weighted by Crippen LogP contribution is -2.38. The van der Waals surface area contributed by atoms with Crippen molar-refractivity contribution in [2.75, 3.05) is 6.54 Å². The van der Waals surface area contributed by atoms with Gasteiger partial charge in [-0.15, -0.1) is 0 Å². The maximum atomic E-state index is 12.5. The van der Waals surface area contributed by atoms with Gasteiger partial charge in [-0.2, -0.15) is 0 Å². The summed E-state index contributed by atoms with van der Waals surface area (Å²) in [6, 6.07) is 2.29. The average Bonchev–Trinajstić information content (AvgIpc) is 2.89. The molecule has 1 aromatic rings.